The SMILES string of the molecule is COC(=O)CN=Cc1cc(OC)ccc1O. The van der Waals surface area contributed by atoms with E-state index in [1.54, 1.807) is 12.1 Å². The lowest BCUT2D eigenvalue weighted by Crippen LogP contribution is -2.04. The number of methoxy groups -OCH3 is 2. The van der Waals surface area contributed by atoms with Crippen LogP contribution in [0.2, 0.25) is 0 Å². The van der Waals surface area contributed by atoms with Gasteiger partial charge < -0.3 is 14.6 Å². The molecule has 0 bridgehead atoms. The maximum Gasteiger partial charge on any atom is 0.327 e. The van der Waals surface area contributed by atoms with Gasteiger partial charge in [0.25, 0.3) is 0 Å². The molecule has 0 radical (unpaired) electrons. The average Bonchev–Trinajstić information content (AvgIpc) is 2.31. The molecule has 0 heterocycles. The van der Waals surface area contributed by atoms with Gasteiger partial charge in [-0.25, -0.2) is 0 Å². The fourth-order valence-corrected chi connectivity index (χ4v) is 1.05. The number of carbonyl (C=O) groups excluding carboxylic acids is 1. The fourth-order valence-electron chi connectivity index (χ4n) is 1.05. The van der Waals surface area contributed by atoms with Gasteiger partial charge >= 0.3 is 5.97 Å². The molecule has 0 fully saturated rings. The van der Waals surface area contributed by atoms with Gasteiger partial charge in [0.15, 0.2) is 0 Å². The molecule has 0 unspecified atom stereocenters. The lowest BCUT2D eigenvalue weighted by atomic mass is 10.2. The van der Waals surface area contributed by atoms with Crippen molar-refractivity contribution in [1.29, 1.82) is 0 Å². The number of ether oxygens (including phenoxy) is 2. The Labute approximate surface area is 93.3 Å². The largest absolute Gasteiger partial charge is 0.507 e. The molecular formula is C11H13NO4. The zero-order chi connectivity index (χ0) is 12.0. The summed E-state index contributed by atoms with van der Waals surface area (Å²) in [6, 6.07) is 4.75. The third-order valence-corrected chi connectivity index (χ3v) is 1.91. The number of phenolic OH excluding ortho intramolecular Hbond substituents is 1. The second-order valence-electron chi connectivity index (χ2n) is 2.97. The summed E-state index contributed by atoms with van der Waals surface area (Å²) in [7, 11) is 2.82. The predicted molar refractivity (Wildman–Crippen MR) is 59.1 cm³/mol. The second-order valence-corrected chi connectivity index (χ2v) is 2.97. The monoisotopic (exact) mass is 223 g/mol. The van der Waals surface area contributed by atoms with Gasteiger partial charge in [-0.3, -0.25) is 9.79 Å². The van der Waals surface area contributed by atoms with Crippen molar-refractivity contribution < 1.29 is 19.4 Å². The molecule has 1 aromatic rings. The topological polar surface area (TPSA) is 68.1 Å². The second kappa shape index (κ2) is 5.75. The smallest absolute Gasteiger partial charge is 0.327 e. The zero-order valence-electron chi connectivity index (χ0n) is 9.14. The van der Waals surface area contributed by atoms with Gasteiger partial charge in [0, 0.05) is 11.8 Å². The maximum absolute atomic E-state index is 10.8. The Morgan fingerprint density at radius 2 is 2.25 bits per heavy atom. The van der Waals surface area contributed by atoms with Crippen molar-refractivity contribution in [2.75, 3.05) is 20.8 Å². The van der Waals surface area contributed by atoms with E-state index in [4.69, 9.17) is 4.74 Å². The lowest BCUT2D eigenvalue weighted by molar-refractivity contribution is -0.138. The van der Waals surface area contributed by atoms with E-state index < -0.39 is 5.97 Å². The van der Waals surface area contributed by atoms with Crippen LogP contribution in [0.1, 0.15) is 5.56 Å². The highest BCUT2D eigenvalue weighted by Gasteiger charge is 2.01. The molecule has 0 spiro atoms. The molecule has 0 saturated carbocycles. The molecule has 1 aromatic carbocycles. The number of esters is 1. The molecule has 1 rings (SSSR count). The minimum Gasteiger partial charge on any atom is -0.507 e. The molecule has 0 atom stereocenters. The van der Waals surface area contributed by atoms with Gasteiger partial charge in [-0.2, -0.15) is 0 Å². The molecule has 5 nitrogen and oxygen atoms in total. The van der Waals surface area contributed by atoms with Crippen molar-refractivity contribution >= 4 is 12.2 Å². The number of hydrogen-bond acceptors (Lipinski definition) is 5. The van der Waals surface area contributed by atoms with Crippen LogP contribution in [0.3, 0.4) is 0 Å². The van der Waals surface area contributed by atoms with E-state index in [0.29, 0.717) is 11.3 Å². The highest BCUT2D eigenvalue weighted by molar-refractivity contribution is 5.85. The minimum atomic E-state index is -0.432. The summed E-state index contributed by atoms with van der Waals surface area (Å²) in [5.41, 5.74) is 0.489. The molecule has 5 heteroatoms. The summed E-state index contributed by atoms with van der Waals surface area (Å²) >= 11 is 0. The number of nitrogens with zero attached hydrogens (tertiary/aromatic N) is 1. The van der Waals surface area contributed by atoms with Gasteiger partial charge in [-0.05, 0) is 18.2 Å². The van der Waals surface area contributed by atoms with Crippen molar-refractivity contribution in [3.63, 3.8) is 0 Å². The number of benzene rings is 1. The first-order chi connectivity index (χ1) is 7.67. The van der Waals surface area contributed by atoms with Crippen LogP contribution < -0.4 is 4.74 Å². The molecule has 86 valence electrons. The van der Waals surface area contributed by atoms with Crippen LogP contribution >= 0.6 is 0 Å². The third-order valence-electron chi connectivity index (χ3n) is 1.91. The van der Waals surface area contributed by atoms with Crippen LogP contribution in [0.15, 0.2) is 23.2 Å². The normalized spacial score (nSPS) is 10.4. The highest BCUT2D eigenvalue weighted by Crippen LogP contribution is 2.20. The molecular weight excluding hydrogens is 210 g/mol. The van der Waals surface area contributed by atoms with Crippen molar-refractivity contribution in [3.8, 4) is 11.5 Å². The van der Waals surface area contributed by atoms with E-state index in [-0.39, 0.29) is 12.3 Å². The van der Waals surface area contributed by atoms with E-state index >= 15 is 0 Å². The predicted octanol–water partition coefficient (Wildman–Crippen LogP) is 0.993. The minimum absolute atomic E-state index is 0.0762. The average molecular weight is 223 g/mol. The quantitative estimate of drug-likeness (QED) is 0.610. The van der Waals surface area contributed by atoms with Gasteiger partial charge in [0.2, 0.25) is 0 Å². The first kappa shape index (κ1) is 12.0. The van der Waals surface area contributed by atoms with E-state index in [9.17, 15) is 9.90 Å². The Morgan fingerprint density at radius 3 is 2.88 bits per heavy atom. The summed E-state index contributed by atoms with van der Waals surface area (Å²) in [4.78, 5) is 14.6. The van der Waals surface area contributed by atoms with Crippen LogP contribution in [-0.2, 0) is 9.53 Å². The third kappa shape index (κ3) is 3.27. The molecule has 0 aromatic heterocycles. The Bertz CT molecular complexity index is 401. The highest BCUT2D eigenvalue weighted by atomic mass is 16.5. The van der Waals surface area contributed by atoms with Gasteiger partial charge in [-0.15, -0.1) is 0 Å². The first-order valence-electron chi connectivity index (χ1n) is 4.61. The van der Waals surface area contributed by atoms with E-state index in [0.717, 1.165) is 0 Å². The Balaban J connectivity index is 2.75. The molecule has 0 saturated heterocycles. The number of aliphatic imine (C=N–C) groups is 1. The Hall–Kier alpha value is -2.04. The standard InChI is InChI=1S/C11H13NO4/c1-15-9-3-4-10(13)8(5-9)6-12-7-11(14)16-2/h3-6,13H,7H2,1-2H3. The fraction of sp³-hybridized carbons (Fsp3) is 0.273. The van der Waals surface area contributed by atoms with Crippen molar-refractivity contribution in [2.45, 2.75) is 0 Å². The molecule has 1 N–H and O–H groups in total. The molecule has 0 aliphatic carbocycles. The molecule has 0 amide bonds. The van der Waals surface area contributed by atoms with Gasteiger partial charge in [0.1, 0.15) is 18.0 Å². The van der Waals surface area contributed by atoms with Crippen molar-refractivity contribution in [1.82, 2.24) is 0 Å². The number of rotatable bonds is 4. The Kier molecular flexibility index (Phi) is 4.32. The van der Waals surface area contributed by atoms with Crippen molar-refractivity contribution in [3.05, 3.63) is 23.8 Å². The number of carbonyl (C=O) groups is 1. The zero-order valence-corrected chi connectivity index (χ0v) is 9.14. The Morgan fingerprint density at radius 1 is 1.50 bits per heavy atom. The lowest BCUT2D eigenvalue weighted by Gasteiger charge is -2.02. The number of hydrogen-bond donors (Lipinski definition) is 1. The summed E-state index contributed by atoms with van der Waals surface area (Å²) in [6.45, 7) is -0.0762. The van der Waals surface area contributed by atoms with Crippen LogP contribution in [-0.4, -0.2) is 38.1 Å². The van der Waals surface area contributed by atoms with Gasteiger partial charge in [0.05, 0.1) is 14.2 Å². The molecule has 0 aliphatic heterocycles. The summed E-state index contributed by atoms with van der Waals surface area (Å²) in [5.74, 6) is 0.255. The molecule has 0 aliphatic rings. The van der Waals surface area contributed by atoms with E-state index in [1.807, 2.05) is 0 Å². The van der Waals surface area contributed by atoms with Crippen LogP contribution in [0.4, 0.5) is 0 Å². The molecule has 16 heavy (non-hydrogen) atoms. The summed E-state index contributed by atoms with van der Waals surface area (Å²) in [5, 5.41) is 9.49. The maximum atomic E-state index is 10.8. The van der Waals surface area contributed by atoms with Gasteiger partial charge in [-0.1, -0.05) is 0 Å². The van der Waals surface area contributed by atoms with Crippen LogP contribution in [0.5, 0.6) is 11.5 Å². The summed E-state index contributed by atoms with van der Waals surface area (Å²) in [6.07, 6.45) is 1.40. The van der Waals surface area contributed by atoms with Crippen molar-refractivity contribution in [2.24, 2.45) is 4.99 Å². The summed E-state index contributed by atoms with van der Waals surface area (Å²) < 4.78 is 9.42. The van der Waals surface area contributed by atoms with Crippen LogP contribution in [0.25, 0.3) is 0 Å². The number of phenols is 1. The van der Waals surface area contributed by atoms with E-state index in [2.05, 4.69) is 9.73 Å². The number of aromatic hydroxyl groups is 1. The van der Waals surface area contributed by atoms with Crippen LogP contribution in [0, 0.1) is 0 Å². The van der Waals surface area contributed by atoms with E-state index in [1.165, 1.54) is 26.5 Å². The first-order valence-corrected chi connectivity index (χ1v) is 4.61.